The van der Waals surface area contributed by atoms with Crippen LogP contribution in [0.4, 0.5) is 5.69 Å². The number of fused-ring (bicyclic) bond motifs is 1. The molecule has 0 saturated carbocycles. The molecule has 0 spiro atoms. The molecule has 3 nitrogen and oxygen atoms in total. The van der Waals surface area contributed by atoms with Crippen molar-refractivity contribution in [3.63, 3.8) is 0 Å². The standard InChI is InChI=1S/C19H20ClNO2/c1-2-23-19(22)18(13-14-7-9-16(20)10-8-14)21-12-11-15-5-3-4-6-17(15)21/h3-10,18H,2,11-13H2,1H3. The van der Waals surface area contributed by atoms with E-state index >= 15 is 0 Å². The van der Waals surface area contributed by atoms with Crippen LogP contribution in [-0.4, -0.2) is 25.2 Å². The molecule has 2 aromatic carbocycles. The quantitative estimate of drug-likeness (QED) is 0.780. The molecule has 0 radical (unpaired) electrons. The van der Waals surface area contributed by atoms with Crippen molar-refractivity contribution in [3.8, 4) is 0 Å². The van der Waals surface area contributed by atoms with Gasteiger partial charge in [0.1, 0.15) is 6.04 Å². The van der Waals surface area contributed by atoms with Crippen LogP contribution in [0.5, 0.6) is 0 Å². The fraction of sp³-hybridized carbons (Fsp3) is 0.316. The van der Waals surface area contributed by atoms with Crippen LogP contribution in [0.3, 0.4) is 0 Å². The Kier molecular flexibility index (Phi) is 4.87. The number of anilines is 1. The molecule has 1 aliphatic rings. The molecular weight excluding hydrogens is 310 g/mol. The molecule has 0 aliphatic carbocycles. The number of hydrogen-bond acceptors (Lipinski definition) is 3. The minimum atomic E-state index is -0.306. The number of nitrogens with zero attached hydrogens (tertiary/aromatic N) is 1. The lowest BCUT2D eigenvalue weighted by molar-refractivity contribution is -0.144. The van der Waals surface area contributed by atoms with Gasteiger partial charge in [0.15, 0.2) is 0 Å². The van der Waals surface area contributed by atoms with Crippen LogP contribution in [-0.2, 0) is 22.4 Å². The van der Waals surface area contributed by atoms with Crippen LogP contribution in [0.2, 0.25) is 5.02 Å². The monoisotopic (exact) mass is 329 g/mol. The third kappa shape index (κ3) is 3.50. The summed E-state index contributed by atoms with van der Waals surface area (Å²) in [4.78, 5) is 14.7. The lowest BCUT2D eigenvalue weighted by atomic mass is 10.0. The predicted octanol–water partition coefficient (Wildman–Crippen LogP) is 3.88. The molecule has 3 rings (SSSR count). The molecule has 0 bridgehead atoms. The average molecular weight is 330 g/mol. The van der Waals surface area contributed by atoms with Crippen molar-refractivity contribution < 1.29 is 9.53 Å². The summed E-state index contributed by atoms with van der Waals surface area (Å²) >= 11 is 5.95. The van der Waals surface area contributed by atoms with E-state index in [1.165, 1.54) is 5.56 Å². The van der Waals surface area contributed by atoms with Gasteiger partial charge in [-0.1, -0.05) is 41.9 Å². The lowest BCUT2D eigenvalue weighted by Gasteiger charge is -2.28. The van der Waals surface area contributed by atoms with Gasteiger partial charge in [0.2, 0.25) is 0 Å². The van der Waals surface area contributed by atoms with E-state index in [1.807, 2.05) is 43.3 Å². The molecule has 1 unspecified atom stereocenters. The van der Waals surface area contributed by atoms with Crippen molar-refractivity contribution in [2.75, 3.05) is 18.1 Å². The normalized spacial score (nSPS) is 14.4. The fourth-order valence-electron chi connectivity index (χ4n) is 3.09. The zero-order valence-corrected chi connectivity index (χ0v) is 13.9. The number of carbonyl (C=O) groups excluding carboxylic acids is 1. The molecule has 0 fully saturated rings. The zero-order chi connectivity index (χ0) is 16.2. The third-order valence-electron chi connectivity index (χ3n) is 4.20. The first-order chi connectivity index (χ1) is 11.2. The van der Waals surface area contributed by atoms with Crippen molar-refractivity contribution in [1.29, 1.82) is 0 Å². The number of hydrogen-bond donors (Lipinski definition) is 0. The van der Waals surface area contributed by atoms with Gasteiger partial charge in [-0.3, -0.25) is 0 Å². The highest BCUT2D eigenvalue weighted by Gasteiger charge is 2.31. The van der Waals surface area contributed by atoms with Crippen LogP contribution in [0.1, 0.15) is 18.1 Å². The highest BCUT2D eigenvalue weighted by Crippen LogP contribution is 2.30. The number of rotatable bonds is 5. The third-order valence-corrected chi connectivity index (χ3v) is 4.45. The van der Waals surface area contributed by atoms with Crippen molar-refractivity contribution in [2.24, 2.45) is 0 Å². The van der Waals surface area contributed by atoms with E-state index < -0.39 is 0 Å². The van der Waals surface area contributed by atoms with Gasteiger partial charge in [0, 0.05) is 23.7 Å². The Labute approximate surface area is 141 Å². The van der Waals surface area contributed by atoms with Gasteiger partial charge in [-0.25, -0.2) is 4.79 Å². The molecule has 1 atom stereocenters. The highest BCUT2D eigenvalue weighted by atomic mass is 35.5. The molecule has 23 heavy (non-hydrogen) atoms. The molecule has 0 N–H and O–H groups in total. The van der Waals surface area contributed by atoms with Crippen LogP contribution in [0.15, 0.2) is 48.5 Å². The second-order valence-electron chi connectivity index (χ2n) is 5.67. The van der Waals surface area contributed by atoms with Crippen molar-refractivity contribution in [3.05, 3.63) is 64.7 Å². The highest BCUT2D eigenvalue weighted by molar-refractivity contribution is 6.30. The predicted molar refractivity (Wildman–Crippen MR) is 93.1 cm³/mol. The molecular formula is C19H20ClNO2. The number of para-hydroxylation sites is 1. The van der Waals surface area contributed by atoms with Crippen LogP contribution >= 0.6 is 11.6 Å². The van der Waals surface area contributed by atoms with Crippen LogP contribution in [0, 0.1) is 0 Å². The van der Waals surface area contributed by atoms with Gasteiger partial charge in [-0.05, 0) is 42.7 Å². The minimum Gasteiger partial charge on any atom is -0.464 e. The van der Waals surface area contributed by atoms with E-state index in [1.54, 1.807) is 0 Å². The van der Waals surface area contributed by atoms with Gasteiger partial charge >= 0.3 is 5.97 Å². The summed E-state index contributed by atoms with van der Waals surface area (Å²) in [6, 6.07) is 15.6. The van der Waals surface area contributed by atoms with Crippen LogP contribution in [0.25, 0.3) is 0 Å². The number of carbonyl (C=O) groups is 1. The van der Waals surface area contributed by atoms with Gasteiger partial charge in [0.25, 0.3) is 0 Å². The molecule has 2 aromatic rings. The minimum absolute atomic E-state index is 0.167. The first-order valence-corrected chi connectivity index (χ1v) is 8.32. The summed E-state index contributed by atoms with van der Waals surface area (Å²) in [6.07, 6.45) is 1.58. The van der Waals surface area contributed by atoms with E-state index in [9.17, 15) is 4.79 Å². The maximum Gasteiger partial charge on any atom is 0.329 e. The summed E-state index contributed by atoms with van der Waals surface area (Å²) in [7, 11) is 0. The second-order valence-corrected chi connectivity index (χ2v) is 6.11. The topological polar surface area (TPSA) is 29.5 Å². The Morgan fingerprint density at radius 2 is 1.96 bits per heavy atom. The summed E-state index contributed by atoms with van der Waals surface area (Å²) in [5.74, 6) is -0.167. The summed E-state index contributed by atoms with van der Waals surface area (Å²) in [5.41, 5.74) is 3.51. The van der Waals surface area contributed by atoms with E-state index in [2.05, 4.69) is 17.0 Å². The van der Waals surface area contributed by atoms with Crippen molar-refractivity contribution in [1.82, 2.24) is 0 Å². The Morgan fingerprint density at radius 1 is 1.22 bits per heavy atom. The molecule has 0 amide bonds. The van der Waals surface area contributed by atoms with Gasteiger partial charge < -0.3 is 9.64 Å². The van der Waals surface area contributed by atoms with Gasteiger partial charge in [-0.15, -0.1) is 0 Å². The van der Waals surface area contributed by atoms with E-state index in [0.29, 0.717) is 18.1 Å². The molecule has 1 aliphatic heterocycles. The molecule has 0 aromatic heterocycles. The summed E-state index contributed by atoms with van der Waals surface area (Å²) < 4.78 is 5.32. The van der Waals surface area contributed by atoms with Gasteiger partial charge in [0.05, 0.1) is 6.61 Å². The summed E-state index contributed by atoms with van der Waals surface area (Å²) in [6.45, 7) is 3.08. The average Bonchev–Trinajstić information content (AvgIpc) is 2.98. The fourth-order valence-corrected chi connectivity index (χ4v) is 3.22. The second kappa shape index (κ2) is 7.05. The lowest BCUT2D eigenvalue weighted by Crippen LogP contribution is -2.43. The van der Waals surface area contributed by atoms with E-state index in [4.69, 9.17) is 16.3 Å². The maximum atomic E-state index is 12.5. The van der Waals surface area contributed by atoms with Crippen molar-refractivity contribution >= 4 is 23.3 Å². The van der Waals surface area contributed by atoms with Gasteiger partial charge in [-0.2, -0.15) is 0 Å². The Morgan fingerprint density at radius 3 is 2.70 bits per heavy atom. The zero-order valence-electron chi connectivity index (χ0n) is 13.2. The molecule has 0 saturated heterocycles. The first kappa shape index (κ1) is 15.9. The van der Waals surface area contributed by atoms with Crippen LogP contribution < -0.4 is 4.90 Å². The number of benzene rings is 2. The SMILES string of the molecule is CCOC(=O)C(Cc1ccc(Cl)cc1)N1CCc2ccccc21. The molecule has 120 valence electrons. The number of ether oxygens (including phenoxy) is 1. The Bertz CT molecular complexity index is 684. The van der Waals surface area contributed by atoms with Crippen molar-refractivity contribution in [2.45, 2.75) is 25.8 Å². The van der Waals surface area contributed by atoms with E-state index in [-0.39, 0.29) is 12.0 Å². The Balaban J connectivity index is 1.87. The molecule has 1 heterocycles. The largest absolute Gasteiger partial charge is 0.464 e. The molecule has 4 heteroatoms. The maximum absolute atomic E-state index is 12.5. The smallest absolute Gasteiger partial charge is 0.329 e. The number of esters is 1. The summed E-state index contributed by atoms with van der Waals surface area (Å²) in [5, 5.41) is 0.702. The number of halogens is 1. The first-order valence-electron chi connectivity index (χ1n) is 7.94. The Hall–Kier alpha value is -2.00. The van der Waals surface area contributed by atoms with E-state index in [0.717, 1.165) is 24.2 Å².